The molecule has 0 saturated heterocycles. The predicted molar refractivity (Wildman–Crippen MR) is 70.9 cm³/mol. The summed E-state index contributed by atoms with van der Waals surface area (Å²) in [6.07, 6.45) is 2.61. The number of non-ortho nitro benzene ring substituents is 1. The van der Waals surface area contributed by atoms with Crippen LogP contribution in [0.3, 0.4) is 0 Å². The van der Waals surface area contributed by atoms with Gasteiger partial charge in [-0.25, -0.2) is 10.8 Å². The van der Waals surface area contributed by atoms with Crippen molar-refractivity contribution in [3.63, 3.8) is 0 Å². The molecule has 0 bridgehead atoms. The van der Waals surface area contributed by atoms with Crippen LogP contribution >= 0.6 is 0 Å². The summed E-state index contributed by atoms with van der Waals surface area (Å²) >= 11 is 0. The van der Waals surface area contributed by atoms with Gasteiger partial charge in [-0.15, -0.1) is 0 Å². The van der Waals surface area contributed by atoms with Crippen molar-refractivity contribution < 1.29 is 9.72 Å². The van der Waals surface area contributed by atoms with Gasteiger partial charge in [0.25, 0.3) is 11.6 Å². The summed E-state index contributed by atoms with van der Waals surface area (Å²) in [5.41, 5.74) is 2.47. The van der Waals surface area contributed by atoms with Gasteiger partial charge in [-0.05, 0) is 6.07 Å². The van der Waals surface area contributed by atoms with Crippen molar-refractivity contribution >= 4 is 23.1 Å². The largest absolute Gasteiger partial charge is 0.320 e. The molecule has 0 aliphatic carbocycles. The number of amides is 1. The Labute approximate surface area is 113 Å². The van der Waals surface area contributed by atoms with E-state index in [1.54, 1.807) is 0 Å². The highest BCUT2D eigenvalue weighted by Gasteiger charge is 2.11. The van der Waals surface area contributed by atoms with Crippen LogP contribution < -0.4 is 16.6 Å². The van der Waals surface area contributed by atoms with Crippen LogP contribution in [0.5, 0.6) is 0 Å². The van der Waals surface area contributed by atoms with Crippen LogP contribution in [-0.4, -0.2) is 20.8 Å². The van der Waals surface area contributed by atoms with E-state index in [-0.39, 0.29) is 22.9 Å². The van der Waals surface area contributed by atoms with Gasteiger partial charge in [0.05, 0.1) is 17.3 Å². The highest BCUT2D eigenvalue weighted by atomic mass is 16.6. The van der Waals surface area contributed by atoms with Gasteiger partial charge in [0.15, 0.2) is 5.82 Å². The molecule has 0 aliphatic heterocycles. The minimum atomic E-state index is -0.547. The molecule has 9 nitrogen and oxygen atoms in total. The van der Waals surface area contributed by atoms with E-state index in [9.17, 15) is 14.9 Å². The Hall–Kier alpha value is -3.07. The molecule has 4 N–H and O–H groups in total. The molecule has 0 unspecified atom stereocenters. The number of nitro groups is 1. The number of benzene rings is 1. The molecule has 0 atom stereocenters. The lowest BCUT2D eigenvalue weighted by atomic mass is 10.2. The lowest BCUT2D eigenvalue weighted by Gasteiger charge is -2.05. The molecule has 20 heavy (non-hydrogen) atoms. The first-order valence-corrected chi connectivity index (χ1v) is 5.44. The van der Waals surface area contributed by atoms with Gasteiger partial charge in [0.1, 0.15) is 5.69 Å². The summed E-state index contributed by atoms with van der Waals surface area (Å²) in [7, 11) is 0. The second-order valence-electron chi connectivity index (χ2n) is 3.70. The third-order valence-corrected chi connectivity index (χ3v) is 2.33. The minimum Gasteiger partial charge on any atom is -0.320 e. The molecule has 1 aromatic heterocycles. The number of nitro benzene ring substituents is 1. The van der Waals surface area contributed by atoms with Gasteiger partial charge >= 0.3 is 0 Å². The van der Waals surface area contributed by atoms with E-state index in [1.165, 1.54) is 36.7 Å². The van der Waals surface area contributed by atoms with E-state index >= 15 is 0 Å². The van der Waals surface area contributed by atoms with Crippen LogP contribution in [0.1, 0.15) is 10.5 Å². The number of carbonyl (C=O) groups excluding carboxylic acids is 1. The summed E-state index contributed by atoms with van der Waals surface area (Å²) in [6, 6.07) is 5.57. The summed E-state index contributed by atoms with van der Waals surface area (Å²) in [4.78, 5) is 29.7. The van der Waals surface area contributed by atoms with Gasteiger partial charge in [0, 0.05) is 17.8 Å². The number of nitrogen functional groups attached to an aromatic ring is 1. The number of hydrogen-bond donors (Lipinski definition) is 3. The lowest BCUT2D eigenvalue weighted by Crippen LogP contribution is -2.16. The number of hydrogen-bond acceptors (Lipinski definition) is 7. The topological polar surface area (TPSA) is 136 Å². The molecule has 2 rings (SSSR count). The smallest absolute Gasteiger partial charge is 0.275 e. The molecule has 0 aliphatic rings. The zero-order valence-corrected chi connectivity index (χ0v) is 10.1. The molecular formula is C11H10N6O3. The fraction of sp³-hybridized carbons (Fsp3) is 0. The first-order chi connectivity index (χ1) is 9.60. The Morgan fingerprint density at radius 3 is 2.85 bits per heavy atom. The number of nitrogens with two attached hydrogens (primary N) is 1. The molecule has 1 amide bonds. The Bertz CT molecular complexity index is 660. The van der Waals surface area contributed by atoms with Crippen molar-refractivity contribution in [1.29, 1.82) is 0 Å². The molecule has 9 heteroatoms. The first-order valence-electron chi connectivity index (χ1n) is 5.44. The summed E-state index contributed by atoms with van der Waals surface area (Å²) in [5.74, 6) is 4.85. The number of nitrogens with one attached hydrogen (secondary N) is 2. The predicted octanol–water partition coefficient (Wildman–Crippen LogP) is 0.923. The maximum Gasteiger partial charge on any atom is 0.275 e. The van der Waals surface area contributed by atoms with E-state index in [1.807, 2.05) is 0 Å². The third-order valence-electron chi connectivity index (χ3n) is 2.33. The normalized spacial score (nSPS) is 9.85. The maximum absolute atomic E-state index is 11.9. The second kappa shape index (κ2) is 5.71. The quantitative estimate of drug-likeness (QED) is 0.428. The first kappa shape index (κ1) is 13.4. The zero-order valence-electron chi connectivity index (χ0n) is 10.1. The van der Waals surface area contributed by atoms with Crippen LogP contribution in [0.4, 0.5) is 17.2 Å². The van der Waals surface area contributed by atoms with Crippen molar-refractivity contribution in [2.75, 3.05) is 10.7 Å². The number of hydrazine groups is 1. The van der Waals surface area contributed by atoms with Gasteiger partial charge in [-0.2, -0.15) is 0 Å². The monoisotopic (exact) mass is 274 g/mol. The van der Waals surface area contributed by atoms with Crippen LogP contribution in [0.15, 0.2) is 36.7 Å². The number of nitrogens with zero attached hydrogens (tertiary/aromatic N) is 3. The second-order valence-corrected chi connectivity index (χ2v) is 3.70. The standard InChI is InChI=1S/C11H10N6O3/c12-16-10-6-13-5-9(15-10)11(18)14-7-2-1-3-8(4-7)17(19)20/h1-6H,12H2,(H,14,18)(H,15,16). The average Bonchev–Trinajstić information content (AvgIpc) is 2.47. The van der Waals surface area contributed by atoms with E-state index in [4.69, 9.17) is 5.84 Å². The number of rotatable bonds is 4. The van der Waals surface area contributed by atoms with E-state index in [2.05, 4.69) is 20.7 Å². The number of aromatic nitrogens is 2. The molecule has 102 valence electrons. The molecule has 1 aromatic carbocycles. The Balaban J connectivity index is 2.18. The zero-order chi connectivity index (χ0) is 14.5. The maximum atomic E-state index is 11.9. The number of anilines is 2. The van der Waals surface area contributed by atoms with Crippen molar-refractivity contribution in [3.8, 4) is 0 Å². The summed E-state index contributed by atoms with van der Waals surface area (Å²) in [5, 5.41) is 13.1. The lowest BCUT2D eigenvalue weighted by molar-refractivity contribution is -0.384. The molecule has 0 spiro atoms. The van der Waals surface area contributed by atoms with Gasteiger partial charge in [-0.3, -0.25) is 19.9 Å². The van der Waals surface area contributed by atoms with Crippen LogP contribution in [0, 0.1) is 10.1 Å². The Morgan fingerprint density at radius 2 is 2.15 bits per heavy atom. The Morgan fingerprint density at radius 1 is 1.35 bits per heavy atom. The fourth-order valence-electron chi connectivity index (χ4n) is 1.44. The van der Waals surface area contributed by atoms with Gasteiger partial charge in [-0.1, -0.05) is 6.07 Å². The van der Waals surface area contributed by atoms with Gasteiger partial charge in [0.2, 0.25) is 0 Å². The van der Waals surface area contributed by atoms with Crippen LogP contribution in [-0.2, 0) is 0 Å². The van der Waals surface area contributed by atoms with E-state index in [0.717, 1.165) is 0 Å². The average molecular weight is 274 g/mol. The SMILES string of the molecule is NNc1cncc(C(=O)Nc2cccc([N+](=O)[O-])c2)n1. The fourth-order valence-corrected chi connectivity index (χ4v) is 1.44. The molecule has 0 saturated carbocycles. The van der Waals surface area contributed by atoms with Crippen molar-refractivity contribution in [2.24, 2.45) is 5.84 Å². The molecule has 2 aromatic rings. The van der Waals surface area contributed by atoms with Crippen LogP contribution in [0.25, 0.3) is 0 Å². The van der Waals surface area contributed by atoms with E-state index in [0.29, 0.717) is 0 Å². The van der Waals surface area contributed by atoms with E-state index < -0.39 is 10.8 Å². The third kappa shape index (κ3) is 3.03. The van der Waals surface area contributed by atoms with Crippen molar-refractivity contribution in [3.05, 3.63) is 52.5 Å². The molecule has 1 heterocycles. The highest BCUT2D eigenvalue weighted by Crippen LogP contribution is 2.17. The van der Waals surface area contributed by atoms with Crippen molar-refractivity contribution in [1.82, 2.24) is 9.97 Å². The summed E-state index contributed by atoms with van der Waals surface area (Å²) in [6.45, 7) is 0. The highest BCUT2D eigenvalue weighted by molar-refractivity contribution is 6.03. The molecule has 0 fully saturated rings. The molecular weight excluding hydrogens is 264 g/mol. The Kier molecular flexibility index (Phi) is 3.82. The van der Waals surface area contributed by atoms with Crippen LogP contribution in [0.2, 0.25) is 0 Å². The minimum absolute atomic E-state index is 0.0342. The summed E-state index contributed by atoms with van der Waals surface area (Å²) < 4.78 is 0. The molecule has 0 radical (unpaired) electrons. The van der Waals surface area contributed by atoms with Crippen molar-refractivity contribution in [2.45, 2.75) is 0 Å². The number of carbonyl (C=O) groups is 1. The van der Waals surface area contributed by atoms with Gasteiger partial charge < -0.3 is 10.7 Å².